The van der Waals surface area contributed by atoms with E-state index in [0.717, 1.165) is 29.3 Å². The Morgan fingerprint density at radius 3 is 2.27 bits per heavy atom. The third-order valence-electron chi connectivity index (χ3n) is 6.71. The van der Waals surface area contributed by atoms with Crippen molar-refractivity contribution in [2.75, 3.05) is 6.54 Å². The Morgan fingerprint density at radius 2 is 1.73 bits per heavy atom. The molecule has 4 aliphatic rings. The van der Waals surface area contributed by atoms with Gasteiger partial charge in [0, 0.05) is 6.42 Å². The SMILES string of the molecule is Cc1ccc(C(C)NC(=O)CNC(=O)CC23CC4CC(CC(C4)C2)C3)o1. The Labute approximate surface area is 155 Å². The summed E-state index contributed by atoms with van der Waals surface area (Å²) >= 11 is 0. The molecule has 0 spiro atoms. The summed E-state index contributed by atoms with van der Waals surface area (Å²) in [5.41, 5.74) is 0.217. The van der Waals surface area contributed by atoms with Crippen molar-refractivity contribution in [1.29, 1.82) is 0 Å². The van der Waals surface area contributed by atoms with Gasteiger partial charge in [0.2, 0.25) is 11.8 Å². The van der Waals surface area contributed by atoms with Crippen molar-refractivity contribution >= 4 is 11.8 Å². The standard InChI is InChI=1S/C21H30N2O3/c1-13-3-4-18(26-13)14(2)23-20(25)12-22-19(24)11-21-8-15-5-16(9-21)7-17(6-15)10-21/h3-4,14-17H,5-12H2,1-2H3,(H,22,24)(H,23,25). The molecule has 0 saturated heterocycles. The van der Waals surface area contributed by atoms with Gasteiger partial charge in [-0.05, 0) is 87.7 Å². The van der Waals surface area contributed by atoms with E-state index in [4.69, 9.17) is 4.42 Å². The van der Waals surface area contributed by atoms with E-state index in [1.165, 1.54) is 38.5 Å². The highest BCUT2D eigenvalue weighted by Crippen LogP contribution is 2.61. The van der Waals surface area contributed by atoms with Gasteiger partial charge in [0.25, 0.3) is 0 Å². The summed E-state index contributed by atoms with van der Waals surface area (Å²) in [6.45, 7) is 3.80. The van der Waals surface area contributed by atoms with Crippen molar-refractivity contribution < 1.29 is 14.0 Å². The number of hydrogen-bond donors (Lipinski definition) is 2. The molecule has 142 valence electrons. The molecule has 5 nitrogen and oxygen atoms in total. The highest BCUT2D eigenvalue weighted by molar-refractivity contribution is 5.85. The van der Waals surface area contributed by atoms with Crippen LogP contribution in [0.2, 0.25) is 0 Å². The number of aryl methyl sites for hydroxylation is 1. The molecule has 5 heteroatoms. The van der Waals surface area contributed by atoms with Crippen LogP contribution in [0.1, 0.15) is 69.4 Å². The van der Waals surface area contributed by atoms with E-state index in [0.29, 0.717) is 6.42 Å². The second kappa shape index (κ2) is 6.75. The Hall–Kier alpha value is -1.78. The van der Waals surface area contributed by atoms with Gasteiger partial charge in [-0.25, -0.2) is 0 Å². The minimum Gasteiger partial charge on any atom is -0.464 e. The number of carbonyl (C=O) groups is 2. The van der Waals surface area contributed by atoms with Crippen LogP contribution in [-0.4, -0.2) is 18.4 Å². The van der Waals surface area contributed by atoms with Crippen LogP contribution in [0, 0.1) is 30.1 Å². The molecule has 1 aromatic heterocycles. The molecule has 5 rings (SSSR count). The van der Waals surface area contributed by atoms with Gasteiger partial charge in [0.05, 0.1) is 12.6 Å². The zero-order valence-corrected chi connectivity index (χ0v) is 15.8. The Bertz CT molecular complexity index is 658. The fourth-order valence-electron chi connectivity index (χ4n) is 6.14. The fraction of sp³-hybridized carbons (Fsp3) is 0.714. The highest BCUT2D eigenvalue weighted by atomic mass is 16.3. The predicted octanol–water partition coefficient (Wildman–Crippen LogP) is 3.49. The van der Waals surface area contributed by atoms with Crippen LogP contribution in [0.3, 0.4) is 0 Å². The maximum Gasteiger partial charge on any atom is 0.239 e. The average Bonchev–Trinajstić information content (AvgIpc) is 2.98. The summed E-state index contributed by atoms with van der Waals surface area (Å²) in [5, 5.41) is 5.71. The van der Waals surface area contributed by atoms with Crippen LogP contribution in [0.4, 0.5) is 0 Å². The van der Waals surface area contributed by atoms with E-state index in [9.17, 15) is 9.59 Å². The first kappa shape index (κ1) is 17.6. The molecular formula is C21H30N2O3. The first-order chi connectivity index (χ1) is 12.4. The van der Waals surface area contributed by atoms with Crippen LogP contribution < -0.4 is 10.6 Å². The Kier molecular flexibility index (Phi) is 4.57. The summed E-state index contributed by atoms with van der Waals surface area (Å²) in [6.07, 6.45) is 8.39. The summed E-state index contributed by atoms with van der Waals surface area (Å²) in [5.74, 6) is 3.94. The zero-order valence-electron chi connectivity index (χ0n) is 15.8. The number of furan rings is 1. The minimum absolute atomic E-state index is 0.0311. The molecule has 0 aliphatic heterocycles. The summed E-state index contributed by atoms with van der Waals surface area (Å²) in [7, 11) is 0. The molecule has 1 atom stereocenters. The van der Waals surface area contributed by atoms with Gasteiger partial charge >= 0.3 is 0 Å². The van der Waals surface area contributed by atoms with Crippen molar-refractivity contribution in [3.63, 3.8) is 0 Å². The lowest BCUT2D eigenvalue weighted by Gasteiger charge is -2.56. The second-order valence-electron chi connectivity index (χ2n) is 9.11. The van der Waals surface area contributed by atoms with Gasteiger partial charge in [0.15, 0.2) is 0 Å². The highest BCUT2D eigenvalue weighted by Gasteiger charge is 2.51. The lowest BCUT2D eigenvalue weighted by Crippen LogP contribution is -2.48. The smallest absolute Gasteiger partial charge is 0.239 e. The number of rotatable bonds is 6. The van der Waals surface area contributed by atoms with Crippen molar-refractivity contribution in [1.82, 2.24) is 10.6 Å². The molecule has 1 unspecified atom stereocenters. The van der Waals surface area contributed by atoms with Crippen molar-refractivity contribution in [2.24, 2.45) is 23.2 Å². The number of hydrogen-bond acceptors (Lipinski definition) is 3. The molecule has 4 aliphatic carbocycles. The molecule has 1 aromatic rings. The molecule has 2 amide bonds. The van der Waals surface area contributed by atoms with Crippen LogP contribution in [-0.2, 0) is 9.59 Å². The molecule has 26 heavy (non-hydrogen) atoms. The minimum atomic E-state index is -0.198. The third-order valence-corrected chi connectivity index (χ3v) is 6.71. The summed E-state index contributed by atoms with van der Waals surface area (Å²) < 4.78 is 5.53. The van der Waals surface area contributed by atoms with Gasteiger partial charge < -0.3 is 15.1 Å². The van der Waals surface area contributed by atoms with Crippen molar-refractivity contribution in [3.05, 3.63) is 23.7 Å². The van der Waals surface area contributed by atoms with Gasteiger partial charge in [-0.2, -0.15) is 0 Å². The summed E-state index contributed by atoms with van der Waals surface area (Å²) in [4.78, 5) is 24.6. The van der Waals surface area contributed by atoms with Gasteiger partial charge in [-0.3, -0.25) is 9.59 Å². The number of amides is 2. The zero-order chi connectivity index (χ0) is 18.3. The molecule has 1 heterocycles. The van der Waals surface area contributed by atoms with Gasteiger partial charge in [0.1, 0.15) is 11.5 Å². The molecule has 0 aromatic carbocycles. The van der Waals surface area contributed by atoms with E-state index in [2.05, 4.69) is 10.6 Å². The second-order valence-corrected chi connectivity index (χ2v) is 9.11. The normalized spacial score (nSPS) is 33.1. The van der Waals surface area contributed by atoms with E-state index in [1.54, 1.807) is 0 Å². The lowest BCUT2D eigenvalue weighted by molar-refractivity contribution is -0.132. The largest absolute Gasteiger partial charge is 0.464 e. The van der Waals surface area contributed by atoms with Crippen LogP contribution in [0.15, 0.2) is 16.5 Å². The fourth-order valence-corrected chi connectivity index (χ4v) is 6.14. The maximum absolute atomic E-state index is 12.5. The molecular weight excluding hydrogens is 328 g/mol. The van der Waals surface area contributed by atoms with Crippen molar-refractivity contribution in [2.45, 2.75) is 64.8 Å². The monoisotopic (exact) mass is 358 g/mol. The maximum atomic E-state index is 12.5. The van der Waals surface area contributed by atoms with Crippen molar-refractivity contribution in [3.8, 4) is 0 Å². The van der Waals surface area contributed by atoms with Crippen LogP contribution >= 0.6 is 0 Å². The Balaban J connectivity index is 1.24. The first-order valence-corrected chi connectivity index (χ1v) is 10.0. The topological polar surface area (TPSA) is 71.3 Å². The van der Waals surface area contributed by atoms with Gasteiger partial charge in [-0.1, -0.05) is 0 Å². The Morgan fingerprint density at radius 1 is 1.12 bits per heavy atom. The predicted molar refractivity (Wildman–Crippen MR) is 98.2 cm³/mol. The number of carbonyl (C=O) groups excluding carboxylic acids is 2. The van der Waals surface area contributed by atoms with E-state index >= 15 is 0 Å². The molecule has 2 N–H and O–H groups in total. The quantitative estimate of drug-likeness (QED) is 0.818. The van der Waals surface area contributed by atoms with Gasteiger partial charge in [-0.15, -0.1) is 0 Å². The lowest BCUT2D eigenvalue weighted by atomic mass is 9.49. The van der Waals surface area contributed by atoms with E-state index in [1.807, 2.05) is 26.0 Å². The molecule has 4 fully saturated rings. The van der Waals surface area contributed by atoms with Crippen LogP contribution in [0.5, 0.6) is 0 Å². The average molecular weight is 358 g/mol. The first-order valence-electron chi connectivity index (χ1n) is 10.0. The molecule has 0 radical (unpaired) electrons. The van der Waals surface area contributed by atoms with E-state index in [-0.39, 0.29) is 29.8 Å². The number of nitrogens with one attached hydrogen (secondary N) is 2. The molecule has 4 saturated carbocycles. The summed E-state index contributed by atoms with van der Waals surface area (Å²) in [6, 6.07) is 3.55. The third kappa shape index (κ3) is 3.67. The van der Waals surface area contributed by atoms with E-state index < -0.39 is 0 Å². The van der Waals surface area contributed by atoms with Crippen LogP contribution in [0.25, 0.3) is 0 Å². The molecule has 4 bridgehead atoms.